The number of hydrogen-bond donors (Lipinski definition) is 2. The molecule has 0 atom stereocenters. The minimum Gasteiger partial charge on any atom is -0.357 e. The van der Waals surface area contributed by atoms with Gasteiger partial charge < -0.3 is 10.6 Å². The Morgan fingerprint density at radius 1 is 1.22 bits per heavy atom. The fraction of sp³-hybridized carbons (Fsp3) is 0.800. The van der Waals surface area contributed by atoms with Gasteiger partial charge in [0.2, 0.25) is 11.8 Å². The molecule has 0 saturated carbocycles. The van der Waals surface area contributed by atoms with E-state index in [9.17, 15) is 9.59 Å². The molecule has 23 heavy (non-hydrogen) atoms. The summed E-state index contributed by atoms with van der Waals surface area (Å²) in [5.41, 5.74) is 0. The molecule has 134 valence electrons. The van der Waals surface area contributed by atoms with Gasteiger partial charge in [-0.1, -0.05) is 0 Å². The Bertz CT molecular complexity index is 378. The number of piperidine rings is 1. The molecule has 1 fully saturated rings. The smallest absolute Gasteiger partial charge is 0.229 e. The number of aliphatic imine (C=N–C) groups is 1. The van der Waals surface area contributed by atoms with Gasteiger partial charge >= 0.3 is 0 Å². The highest BCUT2D eigenvalue weighted by atomic mass is 127. The maximum Gasteiger partial charge on any atom is 0.229 e. The lowest BCUT2D eigenvalue weighted by atomic mass is 10.1. The predicted molar refractivity (Wildman–Crippen MR) is 108 cm³/mol. The molecular weight excluding hydrogens is 427 g/mol. The van der Waals surface area contributed by atoms with E-state index in [-0.39, 0.29) is 35.8 Å². The number of hydrogen-bond acceptors (Lipinski definition) is 4. The van der Waals surface area contributed by atoms with E-state index in [0.29, 0.717) is 32.4 Å². The Labute approximate surface area is 160 Å². The predicted octanol–water partition coefficient (Wildman–Crippen LogP) is 1.84. The maximum atomic E-state index is 11.7. The molecule has 1 saturated heterocycles. The van der Waals surface area contributed by atoms with Crippen LogP contribution in [-0.2, 0) is 9.59 Å². The van der Waals surface area contributed by atoms with E-state index >= 15 is 0 Å². The van der Waals surface area contributed by atoms with Crippen LogP contribution >= 0.6 is 35.7 Å². The highest BCUT2D eigenvalue weighted by Gasteiger charge is 2.25. The van der Waals surface area contributed by atoms with Crippen molar-refractivity contribution in [3.63, 3.8) is 0 Å². The molecule has 0 unspecified atom stereocenters. The maximum absolute atomic E-state index is 11.7. The van der Waals surface area contributed by atoms with Gasteiger partial charge in [-0.3, -0.25) is 19.5 Å². The number of rotatable bonds is 9. The van der Waals surface area contributed by atoms with Crippen LogP contribution in [0.1, 0.15) is 39.0 Å². The fourth-order valence-corrected chi connectivity index (χ4v) is 2.72. The number of nitrogens with zero attached hydrogens (tertiary/aromatic N) is 2. The van der Waals surface area contributed by atoms with Crippen LogP contribution in [0.25, 0.3) is 0 Å². The van der Waals surface area contributed by atoms with Crippen LogP contribution in [0, 0.1) is 0 Å². The number of thioether (sulfide) groups is 1. The molecule has 0 aromatic rings. The first-order valence-electron chi connectivity index (χ1n) is 8.03. The Balaban J connectivity index is 0.00000484. The number of imide groups is 1. The van der Waals surface area contributed by atoms with Crippen molar-refractivity contribution >= 4 is 53.5 Å². The van der Waals surface area contributed by atoms with Crippen molar-refractivity contribution in [1.82, 2.24) is 15.5 Å². The quantitative estimate of drug-likeness (QED) is 0.182. The highest BCUT2D eigenvalue weighted by molar-refractivity contribution is 14.0. The van der Waals surface area contributed by atoms with Gasteiger partial charge in [0.25, 0.3) is 0 Å². The van der Waals surface area contributed by atoms with E-state index in [2.05, 4.69) is 21.9 Å². The zero-order valence-electron chi connectivity index (χ0n) is 14.1. The van der Waals surface area contributed by atoms with Crippen molar-refractivity contribution in [2.24, 2.45) is 4.99 Å². The molecule has 2 amide bonds. The van der Waals surface area contributed by atoms with Crippen molar-refractivity contribution < 1.29 is 9.59 Å². The van der Waals surface area contributed by atoms with Crippen LogP contribution in [0.2, 0.25) is 0 Å². The van der Waals surface area contributed by atoms with Crippen molar-refractivity contribution in [1.29, 1.82) is 0 Å². The van der Waals surface area contributed by atoms with E-state index in [1.807, 2.05) is 18.7 Å². The Morgan fingerprint density at radius 2 is 1.91 bits per heavy atom. The molecule has 1 aliphatic heterocycles. The van der Waals surface area contributed by atoms with Gasteiger partial charge in [0.05, 0.1) is 0 Å². The molecule has 1 heterocycles. The normalized spacial score (nSPS) is 15.4. The Kier molecular flexibility index (Phi) is 13.6. The van der Waals surface area contributed by atoms with Crippen molar-refractivity contribution in [2.75, 3.05) is 38.2 Å². The monoisotopic (exact) mass is 456 g/mol. The van der Waals surface area contributed by atoms with Gasteiger partial charge in [-0.2, -0.15) is 11.8 Å². The zero-order chi connectivity index (χ0) is 16.2. The minimum absolute atomic E-state index is 0. The second-order valence-electron chi connectivity index (χ2n) is 5.18. The molecule has 0 radical (unpaired) electrons. The summed E-state index contributed by atoms with van der Waals surface area (Å²) in [5.74, 6) is 1.80. The average Bonchev–Trinajstić information content (AvgIpc) is 2.50. The first-order valence-corrected chi connectivity index (χ1v) is 9.42. The summed E-state index contributed by atoms with van der Waals surface area (Å²) in [7, 11) is 0. The van der Waals surface area contributed by atoms with E-state index in [1.54, 1.807) is 0 Å². The standard InChI is InChI=1S/C15H28N4O2S.HI/c1-3-16-15(17-9-4-5-12-22-2)18-10-11-19-13(20)7-6-8-14(19)21;/h3-12H2,1-2H3,(H2,16,17,18);1H. The summed E-state index contributed by atoms with van der Waals surface area (Å²) < 4.78 is 0. The van der Waals surface area contributed by atoms with Gasteiger partial charge in [0.15, 0.2) is 5.96 Å². The SMILES string of the molecule is CCNC(=NCCCCSC)NCCN1C(=O)CCCC1=O.I. The van der Waals surface area contributed by atoms with Gasteiger partial charge in [-0.05, 0) is 38.2 Å². The lowest BCUT2D eigenvalue weighted by molar-refractivity contribution is -0.147. The summed E-state index contributed by atoms with van der Waals surface area (Å²) in [6, 6.07) is 0. The first kappa shape index (κ1) is 22.5. The second-order valence-corrected chi connectivity index (χ2v) is 6.17. The molecule has 1 aliphatic rings. The van der Waals surface area contributed by atoms with Crippen molar-refractivity contribution in [2.45, 2.75) is 39.0 Å². The Hall–Kier alpha value is -0.510. The number of amides is 2. The van der Waals surface area contributed by atoms with E-state index in [0.717, 1.165) is 25.5 Å². The molecule has 0 aromatic heterocycles. The third kappa shape index (κ3) is 9.39. The highest BCUT2D eigenvalue weighted by Crippen LogP contribution is 2.11. The number of halogens is 1. The van der Waals surface area contributed by atoms with E-state index in [4.69, 9.17) is 0 Å². The average molecular weight is 456 g/mol. The van der Waals surface area contributed by atoms with Crippen LogP contribution in [0.5, 0.6) is 0 Å². The summed E-state index contributed by atoms with van der Waals surface area (Å²) >= 11 is 1.85. The molecule has 1 rings (SSSR count). The lowest BCUT2D eigenvalue weighted by Crippen LogP contribution is -2.46. The minimum atomic E-state index is -0.0583. The number of carbonyl (C=O) groups excluding carboxylic acids is 2. The van der Waals surface area contributed by atoms with Crippen molar-refractivity contribution in [3.8, 4) is 0 Å². The topological polar surface area (TPSA) is 73.8 Å². The molecule has 0 aromatic carbocycles. The van der Waals surface area contributed by atoms with Crippen LogP contribution in [0.15, 0.2) is 4.99 Å². The van der Waals surface area contributed by atoms with Crippen LogP contribution in [0.3, 0.4) is 0 Å². The van der Waals surface area contributed by atoms with Gasteiger partial charge in [-0.15, -0.1) is 24.0 Å². The number of unbranched alkanes of at least 4 members (excludes halogenated alkanes) is 1. The molecular formula is C15H29IN4O2S. The molecule has 0 aliphatic carbocycles. The lowest BCUT2D eigenvalue weighted by Gasteiger charge is -2.25. The molecule has 0 bridgehead atoms. The summed E-state index contributed by atoms with van der Waals surface area (Å²) in [5, 5.41) is 6.37. The molecule has 2 N–H and O–H groups in total. The number of carbonyl (C=O) groups is 2. The largest absolute Gasteiger partial charge is 0.357 e. The van der Waals surface area contributed by atoms with Gasteiger partial charge in [-0.25, -0.2) is 0 Å². The van der Waals surface area contributed by atoms with Crippen LogP contribution < -0.4 is 10.6 Å². The molecule has 0 spiro atoms. The van der Waals surface area contributed by atoms with Crippen LogP contribution in [-0.4, -0.2) is 60.9 Å². The molecule has 8 heteroatoms. The van der Waals surface area contributed by atoms with Gasteiger partial charge in [0.1, 0.15) is 0 Å². The molecule has 6 nitrogen and oxygen atoms in total. The van der Waals surface area contributed by atoms with Crippen molar-refractivity contribution in [3.05, 3.63) is 0 Å². The summed E-state index contributed by atoms with van der Waals surface area (Å²) in [4.78, 5) is 29.3. The summed E-state index contributed by atoms with van der Waals surface area (Å²) in [6.45, 7) is 4.54. The fourth-order valence-electron chi connectivity index (χ4n) is 2.23. The van der Waals surface area contributed by atoms with E-state index in [1.165, 1.54) is 17.1 Å². The number of likely N-dealkylation sites (tertiary alicyclic amines) is 1. The third-order valence-electron chi connectivity index (χ3n) is 3.38. The Morgan fingerprint density at radius 3 is 2.52 bits per heavy atom. The first-order chi connectivity index (χ1) is 10.7. The third-order valence-corrected chi connectivity index (χ3v) is 4.08. The number of nitrogens with one attached hydrogen (secondary N) is 2. The zero-order valence-corrected chi connectivity index (χ0v) is 17.2. The second kappa shape index (κ2) is 13.9. The van der Waals surface area contributed by atoms with Gasteiger partial charge in [0, 0.05) is 39.0 Å². The van der Waals surface area contributed by atoms with E-state index < -0.39 is 0 Å². The van der Waals surface area contributed by atoms with Crippen LogP contribution in [0.4, 0.5) is 0 Å². The summed E-state index contributed by atoms with van der Waals surface area (Å²) in [6.07, 6.45) is 5.99. The number of guanidine groups is 1.